The zero-order valence-corrected chi connectivity index (χ0v) is 15.6. The molecule has 1 N–H and O–H groups in total. The third-order valence-electron chi connectivity index (χ3n) is 4.93. The fourth-order valence-corrected chi connectivity index (χ4v) is 4.50. The van der Waals surface area contributed by atoms with Crippen molar-refractivity contribution in [1.82, 2.24) is 14.8 Å². The second-order valence-electron chi connectivity index (χ2n) is 6.76. The maximum atomic E-state index is 12.4. The minimum absolute atomic E-state index is 0.00746. The van der Waals surface area contributed by atoms with E-state index in [2.05, 4.69) is 10.2 Å². The van der Waals surface area contributed by atoms with Crippen molar-refractivity contribution < 1.29 is 9.53 Å². The number of carbonyl (C=O) groups excluding carboxylic acids is 1. The number of hydrogen-bond donors (Lipinski definition) is 1. The van der Waals surface area contributed by atoms with Crippen molar-refractivity contribution in [3.8, 4) is 5.75 Å². The zero-order chi connectivity index (χ0) is 17.6. The number of aromatic nitrogens is 1. The summed E-state index contributed by atoms with van der Waals surface area (Å²) in [5.41, 5.74) is 0.746. The first kappa shape index (κ1) is 18.3. The van der Waals surface area contributed by atoms with Crippen LogP contribution in [0.1, 0.15) is 31.4 Å². The fourth-order valence-electron chi connectivity index (χ4n) is 3.52. The topological polar surface area (TPSA) is 63.6 Å². The first-order valence-corrected chi connectivity index (χ1v) is 10.2. The number of nitrogens with one attached hydrogen (secondary N) is 1. The van der Waals surface area contributed by atoms with Crippen molar-refractivity contribution >= 4 is 17.7 Å². The molecule has 2 fully saturated rings. The van der Waals surface area contributed by atoms with E-state index in [-0.39, 0.29) is 23.6 Å². The first-order valence-electron chi connectivity index (χ1n) is 9.02. The summed E-state index contributed by atoms with van der Waals surface area (Å²) in [5, 5.41) is 3.11. The summed E-state index contributed by atoms with van der Waals surface area (Å²) in [6.07, 6.45) is 6.18. The standard InChI is InChI=1S/C18H27N3O3S/c1-24-17-12-21(13-18(23)19-14-4-2-3-5-14)15(10-16(17)22)11-20-6-8-25-9-7-20/h10,12,14H,2-9,11,13H2,1H3,(H,19,23). The lowest BCUT2D eigenvalue weighted by Crippen LogP contribution is -2.37. The van der Waals surface area contributed by atoms with Crippen molar-refractivity contribution in [2.24, 2.45) is 0 Å². The van der Waals surface area contributed by atoms with Crippen molar-refractivity contribution in [2.75, 3.05) is 31.7 Å². The number of amides is 1. The Bertz CT molecular complexity index is 649. The van der Waals surface area contributed by atoms with Crippen LogP contribution in [-0.2, 0) is 17.9 Å². The fraction of sp³-hybridized carbons (Fsp3) is 0.667. The predicted molar refractivity (Wildman–Crippen MR) is 100 cm³/mol. The highest BCUT2D eigenvalue weighted by atomic mass is 32.2. The van der Waals surface area contributed by atoms with Gasteiger partial charge in [-0.3, -0.25) is 14.5 Å². The van der Waals surface area contributed by atoms with Crippen LogP contribution in [0.4, 0.5) is 0 Å². The molecule has 1 aromatic rings. The Morgan fingerprint density at radius 3 is 2.72 bits per heavy atom. The lowest BCUT2D eigenvalue weighted by molar-refractivity contribution is -0.122. The third-order valence-corrected chi connectivity index (χ3v) is 5.87. The van der Waals surface area contributed by atoms with E-state index < -0.39 is 0 Å². The Hall–Kier alpha value is -1.47. The molecule has 2 heterocycles. The molecule has 0 radical (unpaired) electrons. The quantitative estimate of drug-likeness (QED) is 0.827. The van der Waals surface area contributed by atoms with E-state index in [9.17, 15) is 9.59 Å². The molecule has 6 nitrogen and oxygen atoms in total. The van der Waals surface area contributed by atoms with E-state index in [1.54, 1.807) is 12.3 Å². The highest BCUT2D eigenvalue weighted by molar-refractivity contribution is 7.99. The summed E-state index contributed by atoms with van der Waals surface area (Å²) >= 11 is 1.96. The number of carbonyl (C=O) groups is 1. The van der Waals surface area contributed by atoms with Gasteiger partial charge >= 0.3 is 0 Å². The van der Waals surface area contributed by atoms with Crippen LogP contribution in [-0.4, -0.2) is 53.1 Å². The summed E-state index contributed by atoms with van der Waals surface area (Å²) in [7, 11) is 1.49. The molecule has 1 saturated heterocycles. The van der Waals surface area contributed by atoms with Gasteiger partial charge in [-0.05, 0) is 12.8 Å². The SMILES string of the molecule is COc1cn(CC(=O)NC2CCCC2)c(CN2CCSCC2)cc1=O. The van der Waals surface area contributed by atoms with Crippen LogP contribution in [0.2, 0.25) is 0 Å². The third kappa shape index (κ3) is 5.01. The second-order valence-corrected chi connectivity index (χ2v) is 7.99. The molecule has 0 bridgehead atoms. The molecule has 138 valence electrons. The summed E-state index contributed by atoms with van der Waals surface area (Å²) in [6.45, 7) is 2.94. The largest absolute Gasteiger partial charge is 0.491 e. The molecule has 1 aromatic heterocycles. The predicted octanol–water partition coefficient (Wildman–Crippen LogP) is 1.46. The molecule has 0 spiro atoms. The van der Waals surface area contributed by atoms with Crippen LogP contribution in [0.15, 0.2) is 17.1 Å². The number of methoxy groups -OCH3 is 1. The van der Waals surface area contributed by atoms with Crippen LogP contribution in [0.5, 0.6) is 5.75 Å². The normalized spacial score (nSPS) is 19.1. The molecule has 0 atom stereocenters. The average molecular weight is 365 g/mol. The molecule has 1 aliphatic carbocycles. The second kappa shape index (κ2) is 8.76. The maximum absolute atomic E-state index is 12.4. The number of nitrogens with zero attached hydrogens (tertiary/aromatic N) is 2. The minimum Gasteiger partial charge on any atom is -0.491 e. The van der Waals surface area contributed by atoms with Gasteiger partial charge in [0.05, 0.1) is 13.3 Å². The van der Waals surface area contributed by atoms with Gasteiger partial charge in [0.25, 0.3) is 0 Å². The highest BCUT2D eigenvalue weighted by Gasteiger charge is 2.19. The van der Waals surface area contributed by atoms with E-state index in [1.807, 2.05) is 16.3 Å². The van der Waals surface area contributed by atoms with E-state index in [0.717, 1.165) is 43.1 Å². The zero-order valence-electron chi connectivity index (χ0n) is 14.8. The molecule has 25 heavy (non-hydrogen) atoms. The van der Waals surface area contributed by atoms with Gasteiger partial charge in [-0.2, -0.15) is 11.8 Å². The van der Waals surface area contributed by atoms with Gasteiger partial charge in [0.2, 0.25) is 11.3 Å². The van der Waals surface area contributed by atoms with Crippen LogP contribution in [0.3, 0.4) is 0 Å². The molecule has 0 aromatic carbocycles. The number of ether oxygens (including phenoxy) is 1. The van der Waals surface area contributed by atoms with Crippen LogP contribution >= 0.6 is 11.8 Å². The smallest absolute Gasteiger partial charge is 0.240 e. The summed E-state index contributed by atoms with van der Waals surface area (Å²) in [5.74, 6) is 2.52. The van der Waals surface area contributed by atoms with Crippen molar-refractivity contribution in [3.05, 3.63) is 28.2 Å². The number of pyridine rings is 1. The van der Waals surface area contributed by atoms with Gasteiger partial charge in [0, 0.05) is 48.9 Å². The number of thioether (sulfide) groups is 1. The highest BCUT2D eigenvalue weighted by Crippen LogP contribution is 2.18. The lowest BCUT2D eigenvalue weighted by atomic mass is 10.2. The molecule has 3 rings (SSSR count). The number of rotatable bonds is 6. The molecular formula is C18H27N3O3S. The molecular weight excluding hydrogens is 338 g/mol. The van der Waals surface area contributed by atoms with E-state index in [4.69, 9.17) is 4.74 Å². The molecule has 1 aliphatic heterocycles. The van der Waals surface area contributed by atoms with Crippen molar-refractivity contribution in [3.63, 3.8) is 0 Å². The van der Waals surface area contributed by atoms with Gasteiger partial charge in [-0.1, -0.05) is 12.8 Å². The van der Waals surface area contributed by atoms with E-state index >= 15 is 0 Å². The molecule has 2 aliphatic rings. The molecule has 0 unspecified atom stereocenters. The van der Waals surface area contributed by atoms with Gasteiger partial charge in [0.15, 0.2) is 5.75 Å². The molecule has 7 heteroatoms. The van der Waals surface area contributed by atoms with Crippen molar-refractivity contribution in [1.29, 1.82) is 0 Å². The Balaban J connectivity index is 1.74. The van der Waals surface area contributed by atoms with Gasteiger partial charge in [0.1, 0.15) is 6.54 Å². The van der Waals surface area contributed by atoms with Crippen molar-refractivity contribution in [2.45, 2.75) is 44.8 Å². The Labute approximate surface area is 152 Å². The van der Waals surface area contributed by atoms with E-state index in [0.29, 0.717) is 12.6 Å². The molecule has 1 amide bonds. The monoisotopic (exact) mass is 365 g/mol. The molecule has 1 saturated carbocycles. The number of hydrogen-bond acceptors (Lipinski definition) is 5. The van der Waals surface area contributed by atoms with Gasteiger partial charge < -0.3 is 14.6 Å². The van der Waals surface area contributed by atoms with E-state index in [1.165, 1.54) is 20.0 Å². The van der Waals surface area contributed by atoms with Crippen LogP contribution in [0.25, 0.3) is 0 Å². The Kier molecular flexibility index (Phi) is 6.42. The van der Waals surface area contributed by atoms with Crippen LogP contribution in [0, 0.1) is 0 Å². The minimum atomic E-state index is -0.128. The van der Waals surface area contributed by atoms with Gasteiger partial charge in [-0.25, -0.2) is 0 Å². The first-order chi connectivity index (χ1) is 12.2. The Morgan fingerprint density at radius 2 is 2.04 bits per heavy atom. The summed E-state index contributed by atoms with van der Waals surface area (Å²) < 4.78 is 7.03. The van der Waals surface area contributed by atoms with Gasteiger partial charge in [-0.15, -0.1) is 0 Å². The Morgan fingerprint density at radius 1 is 1.32 bits per heavy atom. The maximum Gasteiger partial charge on any atom is 0.240 e. The average Bonchev–Trinajstić information content (AvgIpc) is 3.11. The lowest BCUT2D eigenvalue weighted by Gasteiger charge is -2.27. The summed E-state index contributed by atoms with van der Waals surface area (Å²) in [4.78, 5) is 26.9. The summed E-state index contributed by atoms with van der Waals surface area (Å²) in [6, 6.07) is 1.92. The van der Waals surface area contributed by atoms with Crippen LogP contribution < -0.4 is 15.5 Å².